The molecule has 0 bridgehead atoms. The number of aliphatic carboxylic acids is 1. The van der Waals surface area contributed by atoms with Gasteiger partial charge in [-0.15, -0.1) is 0 Å². The fourth-order valence-corrected chi connectivity index (χ4v) is 3.41. The van der Waals surface area contributed by atoms with Gasteiger partial charge in [0, 0.05) is 24.5 Å². The quantitative estimate of drug-likeness (QED) is 0.897. The number of pyridine rings is 1. The molecule has 3 heterocycles. The number of carboxylic acids is 1. The van der Waals surface area contributed by atoms with Crippen molar-refractivity contribution in [3.63, 3.8) is 0 Å². The van der Waals surface area contributed by atoms with E-state index in [-0.39, 0.29) is 5.91 Å². The lowest BCUT2D eigenvalue weighted by atomic mass is 9.97. The summed E-state index contributed by atoms with van der Waals surface area (Å²) in [5.74, 6) is -1.14. The van der Waals surface area contributed by atoms with Gasteiger partial charge in [-0.05, 0) is 48.2 Å². The van der Waals surface area contributed by atoms with E-state index >= 15 is 0 Å². The summed E-state index contributed by atoms with van der Waals surface area (Å²) in [6.07, 6.45) is 3.38. The SMILES string of the molecule is O=C(O)C1=C(c2ccc(NC(=O)c3ccccn3)cc2)CC2CCN12. The Balaban J connectivity index is 1.54. The number of hydrogen-bond donors (Lipinski definition) is 2. The van der Waals surface area contributed by atoms with Gasteiger partial charge in [-0.2, -0.15) is 0 Å². The van der Waals surface area contributed by atoms with Crippen molar-refractivity contribution >= 4 is 23.1 Å². The zero-order chi connectivity index (χ0) is 17.4. The molecule has 2 aromatic rings. The second-order valence-electron chi connectivity index (χ2n) is 6.22. The van der Waals surface area contributed by atoms with Crippen molar-refractivity contribution in [2.75, 3.05) is 11.9 Å². The Morgan fingerprint density at radius 3 is 2.56 bits per heavy atom. The summed E-state index contributed by atoms with van der Waals surface area (Å²) in [4.78, 5) is 29.7. The molecule has 1 atom stereocenters. The van der Waals surface area contributed by atoms with Crippen LogP contribution in [0, 0.1) is 0 Å². The van der Waals surface area contributed by atoms with E-state index < -0.39 is 5.97 Å². The first kappa shape index (κ1) is 15.4. The molecule has 1 fully saturated rings. The molecule has 6 heteroatoms. The zero-order valence-corrected chi connectivity index (χ0v) is 13.5. The predicted molar refractivity (Wildman–Crippen MR) is 92.9 cm³/mol. The molecule has 4 rings (SSSR count). The Bertz CT molecular complexity index is 859. The molecule has 0 radical (unpaired) electrons. The fourth-order valence-electron chi connectivity index (χ4n) is 3.41. The van der Waals surface area contributed by atoms with Crippen molar-refractivity contribution in [3.05, 3.63) is 65.6 Å². The van der Waals surface area contributed by atoms with Gasteiger partial charge >= 0.3 is 5.97 Å². The number of aromatic nitrogens is 1. The molecule has 1 amide bonds. The summed E-state index contributed by atoms with van der Waals surface area (Å²) in [6.45, 7) is 0.814. The van der Waals surface area contributed by atoms with E-state index in [0.717, 1.165) is 30.5 Å². The Hall–Kier alpha value is -3.15. The lowest BCUT2D eigenvalue weighted by molar-refractivity contribution is -0.135. The lowest BCUT2D eigenvalue weighted by Gasteiger charge is -2.37. The number of nitrogens with one attached hydrogen (secondary N) is 1. The Morgan fingerprint density at radius 2 is 1.96 bits per heavy atom. The molecule has 0 spiro atoms. The van der Waals surface area contributed by atoms with Crippen LogP contribution in [0.1, 0.15) is 28.9 Å². The molecule has 6 nitrogen and oxygen atoms in total. The third kappa shape index (κ3) is 2.76. The van der Waals surface area contributed by atoms with Crippen LogP contribution in [-0.4, -0.2) is 39.5 Å². The second-order valence-corrected chi connectivity index (χ2v) is 6.22. The normalized spacial score (nSPS) is 18.6. The van der Waals surface area contributed by atoms with E-state index in [0.29, 0.717) is 23.1 Å². The highest BCUT2D eigenvalue weighted by Crippen LogP contribution is 2.42. The standard InChI is InChI=1S/C19H17N3O3/c23-18(16-3-1-2-9-20-16)21-13-6-4-12(5-7-13)15-11-14-8-10-22(14)17(15)19(24)25/h1-7,9,14H,8,10-11H2,(H,21,23)(H,24,25). The molecule has 0 saturated carbocycles. The van der Waals surface area contributed by atoms with E-state index in [1.54, 1.807) is 36.5 Å². The first-order valence-electron chi connectivity index (χ1n) is 8.19. The minimum absolute atomic E-state index is 0.274. The molecule has 2 N–H and O–H groups in total. The molecule has 1 aromatic heterocycles. The van der Waals surface area contributed by atoms with E-state index in [1.807, 2.05) is 17.0 Å². The van der Waals surface area contributed by atoms with Gasteiger partial charge in [0.25, 0.3) is 5.91 Å². The van der Waals surface area contributed by atoms with Gasteiger partial charge in [-0.3, -0.25) is 9.78 Å². The van der Waals surface area contributed by atoms with Crippen LogP contribution in [0.4, 0.5) is 5.69 Å². The average Bonchev–Trinajstić information content (AvgIpc) is 2.87. The van der Waals surface area contributed by atoms with Crippen LogP contribution in [0.2, 0.25) is 0 Å². The summed E-state index contributed by atoms with van der Waals surface area (Å²) >= 11 is 0. The Morgan fingerprint density at radius 1 is 1.16 bits per heavy atom. The third-order valence-corrected chi connectivity index (χ3v) is 4.75. The first-order valence-corrected chi connectivity index (χ1v) is 8.19. The number of rotatable bonds is 4. The number of amides is 1. The van der Waals surface area contributed by atoms with Gasteiger partial charge in [-0.25, -0.2) is 4.79 Å². The van der Waals surface area contributed by atoms with Crippen molar-refractivity contribution in [2.24, 2.45) is 0 Å². The Labute approximate surface area is 144 Å². The van der Waals surface area contributed by atoms with Gasteiger partial charge in [-0.1, -0.05) is 18.2 Å². The molecule has 126 valence electrons. The molecule has 1 aromatic carbocycles. The number of hydrogen-bond acceptors (Lipinski definition) is 4. The van der Waals surface area contributed by atoms with Gasteiger partial charge in [0.1, 0.15) is 11.4 Å². The molecule has 25 heavy (non-hydrogen) atoms. The summed E-state index contributed by atoms with van der Waals surface area (Å²) < 4.78 is 0. The average molecular weight is 335 g/mol. The van der Waals surface area contributed by atoms with Crippen LogP contribution in [0.3, 0.4) is 0 Å². The summed E-state index contributed by atoms with van der Waals surface area (Å²) in [5, 5.41) is 12.3. The number of fused-ring (bicyclic) bond motifs is 1. The van der Waals surface area contributed by atoms with Gasteiger partial charge in [0.2, 0.25) is 0 Å². The number of carbonyl (C=O) groups is 2. The molecule has 2 aliphatic rings. The topological polar surface area (TPSA) is 82.5 Å². The van der Waals surface area contributed by atoms with Gasteiger partial charge in [0.05, 0.1) is 0 Å². The highest BCUT2D eigenvalue weighted by atomic mass is 16.4. The number of anilines is 1. The van der Waals surface area contributed by atoms with Crippen molar-refractivity contribution in [2.45, 2.75) is 18.9 Å². The van der Waals surface area contributed by atoms with Crippen LogP contribution in [0.5, 0.6) is 0 Å². The van der Waals surface area contributed by atoms with E-state index in [4.69, 9.17) is 0 Å². The maximum absolute atomic E-state index is 12.1. The molecule has 1 unspecified atom stereocenters. The Kier molecular flexibility index (Phi) is 3.72. The minimum atomic E-state index is -0.871. The number of carbonyl (C=O) groups excluding carboxylic acids is 1. The second kappa shape index (κ2) is 6.05. The fraction of sp³-hybridized carbons (Fsp3) is 0.211. The van der Waals surface area contributed by atoms with Gasteiger partial charge < -0.3 is 15.3 Å². The predicted octanol–water partition coefficient (Wildman–Crippen LogP) is 2.61. The molecule has 2 aliphatic heterocycles. The van der Waals surface area contributed by atoms with Crippen LogP contribution < -0.4 is 5.32 Å². The van der Waals surface area contributed by atoms with Crippen LogP contribution in [0.15, 0.2) is 54.4 Å². The molecule has 0 aliphatic carbocycles. The maximum atomic E-state index is 12.1. The van der Waals surface area contributed by atoms with Crippen molar-refractivity contribution in [3.8, 4) is 0 Å². The summed E-state index contributed by atoms with van der Waals surface area (Å²) in [7, 11) is 0. The number of benzene rings is 1. The van der Waals surface area contributed by atoms with Gasteiger partial charge in [0.15, 0.2) is 0 Å². The first-order chi connectivity index (χ1) is 12.1. The van der Waals surface area contributed by atoms with Crippen LogP contribution in [-0.2, 0) is 4.79 Å². The van der Waals surface area contributed by atoms with Crippen LogP contribution >= 0.6 is 0 Å². The highest BCUT2D eigenvalue weighted by molar-refractivity contribution is 6.03. The third-order valence-electron chi connectivity index (χ3n) is 4.75. The largest absolute Gasteiger partial charge is 0.477 e. The number of nitrogens with zero attached hydrogens (tertiary/aromatic N) is 2. The molecular weight excluding hydrogens is 318 g/mol. The molecular formula is C19H17N3O3. The summed E-state index contributed by atoms with van der Waals surface area (Å²) in [6, 6.07) is 12.8. The van der Waals surface area contributed by atoms with Crippen molar-refractivity contribution in [1.29, 1.82) is 0 Å². The lowest BCUT2D eigenvalue weighted by Crippen LogP contribution is -2.44. The maximum Gasteiger partial charge on any atom is 0.352 e. The smallest absolute Gasteiger partial charge is 0.352 e. The van der Waals surface area contributed by atoms with E-state index in [2.05, 4.69) is 10.3 Å². The zero-order valence-electron chi connectivity index (χ0n) is 13.5. The van der Waals surface area contributed by atoms with Crippen molar-refractivity contribution in [1.82, 2.24) is 9.88 Å². The molecule has 1 saturated heterocycles. The van der Waals surface area contributed by atoms with E-state index in [1.165, 1.54) is 0 Å². The number of carboxylic acid groups (broad SMARTS) is 1. The minimum Gasteiger partial charge on any atom is -0.477 e. The summed E-state index contributed by atoms with van der Waals surface area (Å²) in [5.41, 5.74) is 3.18. The van der Waals surface area contributed by atoms with Crippen molar-refractivity contribution < 1.29 is 14.7 Å². The monoisotopic (exact) mass is 335 g/mol. The highest BCUT2D eigenvalue weighted by Gasteiger charge is 2.41. The van der Waals surface area contributed by atoms with Crippen LogP contribution in [0.25, 0.3) is 5.57 Å². The van der Waals surface area contributed by atoms with E-state index in [9.17, 15) is 14.7 Å².